The van der Waals surface area contributed by atoms with E-state index in [1.54, 1.807) is 0 Å². The van der Waals surface area contributed by atoms with Crippen LogP contribution in [0.4, 0.5) is 17.1 Å². The Bertz CT molecular complexity index is 1300. The predicted octanol–water partition coefficient (Wildman–Crippen LogP) is 6.45. The van der Waals surface area contributed by atoms with Crippen LogP contribution < -0.4 is 14.4 Å². The molecular formula is C32H29NO5. The number of benzene rings is 4. The van der Waals surface area contributed by atoms with Gasteiger partial charge in [-0.15, -0.1) is 0 Å². The van der Waals surface area contributed by atoms with Crippen LogP contribution >= 0.6 is 0 Å². The second kappa shape index (κ2) is 10.1. The van der Waals surface area contributed by atoms with Gasteiger partial charge in [0.1, 0.15) is 43.0 Å². The van der Waals surface area contributed by atoms with Gasteiger partial charge in [0.05, 0.1) is 19.8 Å². The maximum atomic E-state index is 5.86. The van der Waals surface area contributed by atoms with Crippen molar-refractivity contribution < 1.29 is 23.7 Å². The lowest BCUT2D eigenvalue weighted by Crippen LogP contribution is -2.10. The summed E-state index contributed by atoms with van der Waals surface area (Å²) in [4.78, 5) is 2.23. The summed E-state index contributed by atoms with van der Waals surface area (Å²) in [5.74, 6) is 1.68. The van der Waals surface area contributed by atoms with Gasteiger partial charge in [-0.1, -0.05) is 36.4 Å². The number of ether oxygens (including phenoxy) is 5. The van der Waals surface area contributed by atoms with Gasteiger partial charge in [-0.05, 0) is 77.4 Å². The molecule has 0 bridgehead atoms. The summed E-state index contributed by atoms with van der Waals surface area (Å²) in [5.41, 5.74) is 6.76. The van der Waals surface area contributed by atoms with Gasteiger partial charge in [-0.3, -0.25) is 0 Å². The standard InChI is InChI=1S/C32H29NO5/c1-3-24(32-21-38-32)4-2-22(1)23-5-7-25(8-6-23)33(26-9-13-28(14-10-26)34-17-30-19-36-30)27-11-15-29(16-12-27)35-18-31-20-37-31/h1-16,30-32H,17-21H2/t30-,31?,32?/m0/s1. The first-order chi connectivity index (χ1) is 18.8. The number of hydrogen-bond donors (Lipinski definition) is 0. The van der Waals surface area contributed by atoms with Crippen LogP contribution in [-0.2, 0) is 14.2 Å². The third-order valence-corrected chi connectivity index (χ3v) is 6.94. The Labute approximate surface area is 222 Å². The fourth-order valence-corrected chi connectivity index (χ4v) is 4.47. The van der Waals surface area contributed by atoms with Crippen LogP contribution in [0.15, 0.2) is 97.1 Å². The van der Waals surface area contributed by atoms with Crippen molar-refractivity contribution in [1.29, 1.82) is 0 Å². The third kappa shape index (κ3) is 5.53. The second-order valence-electron chi connectivity index (χ2n) is 9.85. The van der Waals surface area contributed by atoms with E-state index in [1.807, 2.05) is 24.3 Å². The molecule has 0 spiro atoms. The molecule has 6 nitrogen and oxygen atoms in total. The van der Waals surface area contributed by atoms with Crippen LogP contribution in [0.2, 0.25) is 0 Å². The molecular weight excluding hydrogens is 478 g/mol. The molecule has 4 aromatic carbocycles. The Kier molecular flexibility index (Phi) is 6.21. The summed E-state index contributed by atoms with van der Waals surface area (Å²) < 4.78 is 27.6. The average molecular weight is 508 g/mol. The van der Waals surface area contributed by atoms with E-state index in [2.05, 4.69) is 77.7 Å². The van der Waals surface area contributed by atoms with Crippen molar-refractivity contribution in [2.24, 2.45) is 0 Å². The van der Waals surface area contributed by atoms with Crippen molar-refractivity contribution in [3.63, 3.8) is 0 Å². The number of epoxide rings is 3. The van der Waals surface area contributed by atoms with Gasteiger partial charge in [0, 0.05) is 17.1 Å². The minimum atomic E-state index is 0.232. The van der Waals surface area contributed by atoms with E-state index in [0.717, 1.165) is 48.4 Å². The topological polar surface area (TPSA) is 59.3 Å². The zero-order valence-electron chi connectivity index (χ0n) is 21.0. The minimum absolute atomic E-state index is 0.232. The molecule has 7 rings (SSSR count). The van der Waals surface area contributed by atoms with Crippen molar-refractivity contribution >= 4 is 17.1 Å². The summed E-state index contributed by atoms with van der Waals surface area (Å²) in [7, 11) is 0. The zero-order valence-corrected chi connectivity index (χ0v) is 21.0. The maximum absolute atomic E-state index is 5.86. The lowest BCUT2D eigenvalue weighted by atomic mass is 10.0. The Balaban J connectivity index is 1.15. The number of rotatable bonds is 11. The van der Waals surface area contributed by atoms with Gasteiger partial charge in [-0.25, -0.2) is 0 Å². The number of anilines is 3. The Morgan fingerprint density at radius 2 is 0.921 bits per heavy atom. The fraction of sp³-hybridized carbons (Fsp3) is 0.250. The van der Waals surface area contributed by atoms with Gasteiger partial charge in [0.25, 0.3) is 0 Å². The minimum Gasteiger partial charge on any atom is -0.491 e. The summed E-state index contributed by atoms with van der Waals surface area (Å²) in [5, 5.41) is 0. The summed E-state index contributed by atoms with van der Waals surface area (Å²) >= 11 is 0. The van der Waals surface area contributed by atoms with Crippen LogP contribution in [0.3, 0.4) is 0 Å². The molecule has 192 valence electrons. The lowest BCUT2D eigenvalue weighted by molar-refractivity contribution is 0.263. The Morgan fingerprint density at radius 1 is 0.526 bits per heavy atom. The lowest BCUT2D eigenvalue weighted by Gasteiger charge is -2.26. The third-order valence-electron chi connectivity index (χ3n) is 6.94. The molecule has 6 heteroatoms. The molecule has 0 aliphatic carbocycles. The van der Waals surface area contributed by atoms with Gasteiger partial charge in [0.2, 0.25) is 0 Å². The van der Waals surface area contributed by atoms with Crippen LogP contribution in [-0.4, -0.2) is 45.2 Å². The molecule has 4 aromatic rings. The normalized spacial score (nSPS) is 21.0. The van der Waals surface area contributed by atoms with Crippen LogP contribution in [0.5, 0.6) is 11.5 Å². The molecule has 0 amide bonds. The van der Waals surface area contributed by atoms with E-state index in [9.17, 15) is 0 Å². The van der Waals surface area contributed by atoms with E-state index in [-0.39, 0.29) is 18.3 Å². The zero-order chi connectivity index (χ0) is 25.3. The number of hydrogen-bond acceptors (Lipinski definition) is 6. The monoisotopic (exact) mass is 507 g/mol. The van der Waals surface area contributed by atoms with Gasteiger partial charge >= 0.3 is 0 Å². The van der Waals surface area contributed by atoms with Crippen molar-refractivity contribution in [1.82, 2.24) is 0 Å². The van der Waals surface area contributed by atoms with Gasteiger partial charge < -0.3 is 28.6 Å². The molecule has 3 fully saturated rings. The first-order valence-corrected chi connectivity index (χ1v) is 13.1. The summed E-state index contributed by atoms with van der Waals surface area (Å²) in [6, 6.07) is 33.7. The predicted molar refractivity (Wildman–Crippen MR) is 146 cm³/mol. The molecule has 0 saturated carbocycles. The molecule has 3 saturated heterocycles. The highest BCUT2D eigenvalue weighted by atomic mass is 16.6. The van der Waals surface area contributed by atoms with Crippen LogP contribution in [0, 0.1) is 0 Å². The van der Waals surface area contributed by atoms with Crippen molar-refractivity contribution in [2.75, 3.05) is 37.9 Å². The largest absolute Gasteiger partial charge is 0.491 e. The molecule has 3 aliphatic rings. The van der Waals surface area contributed by atoms with E-state index in [1.165, 1.54) is 16.7 Å². The molecule has 38 heavy (non-hydrogen) atoms. The fourth-order valence-electron chi connectivity index (χ4n) is 4.47. The van der Waals surface area contributed by atoms with Gasteiger partial charge in [0.15, 0.2) is 0 Å². The highest BCUT2D eigenvalue weighted by molar-refractivity contribution is 5.78. The first-order valence-electron chi connectivity index (χ1n) is 13.1. The van der Waals surface area contributed by atoms with Crippen LogP contribution in [0.1, 0.15) is 11.7 Å². The van der Waals surface area contributed by atoms with Crippen LogP contribution in [0.25, 0.3) is 11.1 Å². The van der Waals surface area contributed by atoms with E-state index in [0.29, 0.717) is 13.2 Å². The molecule has 3 atom stereocenters. The molecule has 3 aliphatic heterocycles. The van der Waals surface area contributed by atoms with E-state index in [4.69, 9.17) is 23.7 Å². The average Bonchev–Trinajstić information content (AvgIpc) is 3.83. The number of nitrogens with zero attached hydrogens (tertiary/aromatic N) is 1. The highest BCUT2D eigenvalue weighted by Crippen LogP contribution is 2.38. The van der Waals surface area contributed by atoms with Crippen molar-refractivity contribution in [3.05, 3.63) is 103 Å². The Morgan fingerprint density at radius 3 is 1.32 bits per heavy atom. The second-order valence-corrected chi connectivity index (χ2v) is 9.85. The Hall–Kier alpha value is -3.84. The molecule has 2 unspecified atom stereocenters. The van der Waals surface area contributed by atoms with Gasteiger partial charge in [-0.2, -0.15) is 0 Å². The maximum Gasteiger partial charge on any atom is 0.119 e. The quantitative estimate of drug-likeness (QED) is 0.218. The summed E-state index contributed by atoms with van der Waals surface area (Å²) in [6.07, 6.45) is 0.739. The van der Waals surface area contributed by atoms with Crippen molar-refractivity contribution in [2.45, 2.75) is 18.3 Å². The van der Waals surface area contributed by atoms with E-state index < -0.39 is 0 Å². The van der Waals surface area contributed by atoms with E-state index >= 15 is 0 Å². The first kappa shape index (κ1) is 23.3. The molecule has 0 N–H and O–H groups in total. The smallest absolute Gasteiger partial charge is 0.119 e. The highest BCUT2D eigenvalue weighted by Gasteiger charge is 2.25. The summed E-state index contributed by atoms with van der Waals surface area (Å²) in [6.45, 7) is 3.58. The molecule has 0 radical (unpaired) electrons. The molecule has 0 aromatic heterocycles. The van der Waals surface area contributed by atoms with Crippen molar-refractivity contribution in [3.8, 4) is 22.6 Å². The molecule has 3 heterocycles. The SMILES string of the molecule is c1cc(N(c2ccc(OC[C@H]3CO3)cc2)c2ccc(-c3ccc(C4CO4)cc3)cc2)ccc1OCC1CO1.